The number of aromatic nitrogens is 2. The SMILES string of the molecule is O=C(CCc1cccs1)N1CCO[C@H](c2cnccn2)C1. The van der Waals surface area contributed by atoms with Crippen LogP contribution >= 0.6 is 11.3 Å². The van der Waals surface area contributed by atoms with Gasteiger partial charge in [-0.05, 0) is 17.9 Å². The molecular formula is C15H17N3O2S. The van der Waals surface area contributed by atoms with E-state index in [9.17, 15) is 4.79 Å². The number of carbonyl (C=O) groups is 1. The molecule has 0 spiro atoms. The summed E-state index contributed by atoms with van der Waals surface area (Å²) in [5.74, 6) is 0.181. The Bertz CT molecular complexity index is 574. The van der Waals surface area contributed by atoms with E-state index in [4.69, 9.17) is 4.74 Å². The number of amides is 1. The maximum atomic E-state index is 12.3. The summed E-state index contributed by atoms with van der Waals surface area (Å²) in [6.45, 7) is 1.76. The maximum Gasteiger partial charge on any atom is 0.223 e. The van der Waals surface area contributed by atoms with E-state index in [1.54, 1.807) is 29.9 Å². The molecule has 0 radical (unpaired) electrons. The predicted octanol–water partition coefficient (Wildman–Crippen LogP) is 2.07. The van der Waals surface area contributed by atoms with Gasteiger partial charge in [0.05, 0.1) is 25.0 Å². The van der Waals surface area contributed by atoms with Crippen LogP contribution in [0.5, 0.6) is 0 Å². The summed E-state index contributed by atoms with van der Waals surface area (Å²) in [5, 5.41) is 2.04. The summed E-state index contributed by atoms with van der Waals surface area (Å²) >= 11 is 1.70. The van der Waals surface area contributed by atoms with Crippen molar-refractivity contribution in [3.05, 3.63) is 46.7 Å². The standard InChI is InChI=1S/C15H17N3O2S/c19-15(4-3-12-2-1-9-21-12)18-7-8-20-14(11-18)13-10-16-5-6-17-13/h1-2,5-6,9-10,14H,3-4,7-8,11H2/t14-/m0/s1. The highest BCUT2D eigenvalue weighted by atomic mass is 32.1. The molecule has 110 valence electrons. The molecule has 0 aliphatic carbocycles. The number of morpholine rings is 1. The number of aryl methyl sites for hydroxylation is 1. The number of hydrogen-bond acceptors (Lipinski definition) is 5. The highest BCUT2D eigenvalue weighted by Gasteiger charge is 2.26. The Balaban J connectivity index is 1.56. The van der Waals surface area contributed by atoms with Crippen molar-refractivity contribution >= 4 is 17.2 Å². The van der Waals surface area contributed by atoms with Gasteiger partial charge in [-0.2, -0.15) is 0 Å². The lowest BCUT2D eigenvalue weighted by molar-refractivity contribution is -0.139. The van der Waals surface area contributed by atoms with E-state index in [-0.39, 0.29) is 12.0 Å². The van der Waals surface area contributed by atoms with E-state index in [1.165, 1.54) is 4.88 Å². The van der Waals surface area contributed by atoms with Crippen molar-refractivity contribution < 1.29 is 9.53 Å². The molecule has 3 rings (SSSR count). The molecule has 0 saturated carbocycles. The lowest BCUT2D eigenvalue weighted by atomic mass is 10.2. The Morgan fingerprint density at radius 3 is 3.19 bits per heavy atom. The van der Waals surface area contributed by atoms with Gasteiger partial charge in [0.15, 0.2) is 0 Å². The molecule has 0 aromatic carbocycles. The molecule has 1 fully saturated rings. The molecule has 2 aromatic rings. The van der Waals surface area contributed by atoms with Crippen molar-refractivity contribution in [1.29, 1.82) is 0 Å². The third-order valence-electron chi connectivity index (χ3n) is 3.50. The second-order valence-electron chi connectivity index (χ2n) is 4.91. The fourth-order valence-electron chi connectivity index (χ4n) is 2.37. The van der Waals surface area contributed by atoms with Gasteiger partial charge < -0.3 is 9.64 Å². The monoisotopic (exact) mass is 303 g/mol. The lowest BCUT2D eigenvalue weighted by Crippen LogP contribution is -2.42. The van der Waals surface area contributed by atoms with Gasteiger partial charge in [-0.25, -0.2) is 0 Å². The van der Waals surface area contributed by atoms with Crippen LogP contribution in [0.15, 0.2) is 36.1 Å². The van der Waals surface area contributed by atoms with Crippen LogP contribution in [-0.2, 0) is 16.0 Å². The average Bonchev–Trinajstić information content (AvgIpc) is 3.07. The molecular weight excluding hydrogens is 286 g/mol. The lowest BCUT2D eigenvalue weighted by Gasteiger charge is -2.32. The topological polar surface area (TPSA) is 55.3 Å². The van der Waals surface area contributed by atoms with Crippen molar-refractivity contribution in [2.24, 2.45) is 0 Å². The molecule has 1 atom stereocenters. The minimum atomic E-state index is -0.168. The first-order valence-corrected chi connectivity index (χ1v) is 7.88. The molecule has 21 heavy (non-hydrogen) atoms. The van der Waals surface area contributed by atoms with Crippen molar-refractivity contribution in [1.82, 2.24) is 14.9 Å². The zero-order valence-corrected chi connectivity index (χ0v) is 12.5. The molecule has 5 nitrogen and oxygen atoms in total. The molecule has 1 aliphatic rings. The number of hydrogen-bond donors (Lipinski definition) is 0. The van der Waals surface area contributed by atoms with Gasteiger partial charge in [0.2, 0.25) is 5.91 Å². The number of carbonyl (C=O) groups excluding carboxylic acids is 1. The van der Waals surface area contributed by atoms with E-state index in [1.807, 2.05) is 16.3 Å². The van der Waals surface area contributed by atoms with Crippen LogP contribution in [0.3, 0.4) is 0 Å². The summed E-state index contributed by atoms with van der Waals surface area (Å²) in [5.41, 5.74) is 0.785. The fourth-order valence-corrected chi connectivity index (χ4v) is 3.08. The van der Waals surface area contributed by atoms with Gasteiger partial charge in [0.25, 0.3) is 0 Å². The molecule has 1 amide bonds. The Morgan fingerprint density at radius 2 is 2.43 bits per heavy atom. The molecule has 0 N–H and O–H groups in total. The Kier molecular flexibility index (Phi) is 4.57. The summed E-state index contributed by atoms with van der Waals surface area (Å²) in [6, 6.07) is 4.09. The first-order chi connectivity index (χ1) is 10.3. The second kappa shape index (κ2) is 6.78. The Morgan fingerprint density at radius 1 is 1.48 bits per heavy atom. The van der Waals surface area contributed by atoms with Crippen LogP contribution in [0.1, 0.15) is 23.1 Å². The molecule has 1 aliphatic heterocycles. The van der Waals surface area contributed by atoms with Crippen LogP contribution in [-0.4, -0.2) is 40.5 Å². The van der Waals surface area contributed by atoms with Crippen LogP contribution < -0.4 is 0 Å². The van der Waals surface area contributed by atoms with Crippen LogP contribution in [0.4, 0.5) is 0 Å². The highest BCUT2D eigenvalue weighted by molar-refractivity contribution is 7.09. The van der Waals surface area contributed by atoms with E-state index in [0.717, 1.165) is 12.1 Å². The summed E-state index contributed by atoms with van der Waals surface area (Å²) in [4.78, 5) is 23.7. The zero-order chi connectivity index (χ0) is 14.5. The van der Waals surface area contributed by atoms with Crippen molar-refractivity contribution in [2.45, 2.75) is 18.9 Å². The average molecular weight is 303 g/mol. The largest absolute Gasteiger partial charge is 0.368 e. The molecule has 6 heteroatoms. The Hall–Kier alpha value is -1.79. The third kappa shape index (κ3) is 3.65. The number of thiophene rings is 1. The van der Waals surface area contributed by atoms with Gasteiger partial charge in [-0.3, -0.25) is 14.8 Å². The first kappa shape index (κ1) is 14.2. The normalized spacial score (nSPS) is 18.7. The molecule has 0 unspecified atom stereocenters. The molecule has 0 bridgehead atoms. The van der Waals surface area contributed by atoms with Crippen LogP contribution in [0.25, 0.3) is 0 Å². The summed E-state index contributed by atoms with van der Waals surface area (Å²) in [6.07, 6.45) is 6.17. The minimum absolute atomic E-state index is 0.168. The van der Waals surface area contributed by atoms with Crippen LogP contribution in [0.2, 0.25) is 0 Å². The zero-order valence-electron chi connectivity index (χ0n) is 11.6. The summed E-state index contributed by atoms with van der Waals surface area (Å²) in [7, 11) is 0. The van der Waals surface area contributed by atoms with Gasteiger partial charge in [-0.15, -0.1) is 11.3 Å². The second-order valence-corrected chi connectivity index (χ2v) is 5.94. The van der Waals surface area contributed by atoms with Gasteiger partial charge in [-0.1, -0.05) is 6.07 Å². The quantitative estimate of drug-likeness (QED) is 0.867. The Labute approximate surface area is 127 Å². The van der Waals surface area contributed by atoms with Crippen LogP contribution in [0, 0.1) is 0 Å². The van der Waals surface area contributed by atoms with E-state index >= 15 is 0 Å². The van der Waals surface area contributed by atoms with E-state index in [0.29, 0.717) is 26.1 Å². The molecule has 2 aromatic heterocycles. The van der Waals surface area contributed by atoms with Gasteiger partial charge >= 0.3 is 0 Å². The fraction of sp³-hybridized carbons (Fsp3) is 0.400. The minimum Gasteiger partial charge on any atom is -0.368 e. The number of rotatable bonds is 4. The van der Waals surface area contributed by atoms with Gasteiger partial charge in [0.1, 0.15) is 6.10 Å². The molecule has 3 heterocycles. The molecule has 1 saturated heterocycles. The highest BCUT2D eigenvalue weighted by Crippen LogP contribution is 2.20. The predicted molar refractivity (Wildman–Crippen MR) is 79.9 cm³/mol. The van der Waals surface area contributed by atoms with Gasteiger partial charge in [0, 0.05) is 30.2 Å². The smallest absolute Gasteiger partial charge is 0.223 e. The number of nitrogens with zero attached hydrogens (tertiary/aromatic N) is 3. The maximum absolute atomic E-state index is 12.3. The van der Waals surface area contributed by atoms with Crippen molar-refractivity contribution in [3.8, 4) is 0 Å². The van der Waals surface area contributed by atoms with Crippen molar-refractivity contribution in [3.63, 3.8) is 0 Å². The first-order valence-electron chi connectivity index (χ1n) is 7.00. The van der Waals surface area contributed by atoms with Crippen molar-refractivity contribution in [2.75, 3.05) is 19.7 Å². The van der Waals surface area contributed by atoms with E-state index in [2.05, 4.69) is 16.0 Å². The van der Waals surface area contributed by atoms with E-state index < -0.39 is 0 Å². The summed E-state index contributed by atoms with van der Waals surface area (Å²) < 4.78 is 5.70. The number of ether oxygens (including phenoxy) is 1. The third-order valence-corrected chi connectivity index (χ3v) is 4.43.